The minimum Gasteiger partial charge on any atom is -0.377 e. The summed E-state index contributed by atoms with van der Waals surface area (Å²) >= 11 is 0. The van der Waals surface area contributed by atoms with E-state index in [9.17, 15) is 8.42 Å². The predicted octanol–water partition coefficient (Wildman–Crippen LogP) is 0.673. The minimum atomic E-state index is -3.64. The molecular formula is C13H24N4O3S. The van der Waals surface area contributed by atoms with Crippen LogP contribution in [0.15, 0.2) is 5.03 Å². The van der Waals surface area contributed by atoms with E-state index in [1.165, 1.54) is 0 Å². The molecule has 120 valence electrons. The molecule has 0 radical (unpaired) electrons. The van der Waals surface area contributed by atoms with Gasteiger partial charge in [0, 0.05) is 24.4 Å². The number of ether oxygens (including phenoxy) is 1. The van der Waals surface area contributed by atoms with Gasteiger partial charge in [0.1, 0.15) is 0 Å². The van der Waals surface area contributed by atoms with Gasteiger partial charge >= 0.3 is 0 Å². The number of aryl methyl sites for hydroxylation is 1. The molecular weight excluding hydrogens is 292 g/mol. The van der Waals surface area contributed by atoms with Gasteiger partial charge in [0.25, 0.3) is 10.0 Å². The van der Waals surface area contributed by atoms with E-state index < -0.39 is 10.0 Å². The van der Waals surface area contributed by atoms with E-state index >= 15 is 0 Å². The highest BCUT2D eigenvalue weighted by molar-refractivity contribution is 7.89. The highest BCUT2D eigenvalue weighted by atomic mass is 32.2. The van der Waals surface area contributed by atoms with E-state index in [4.69, 9.17) is 4.74 Å². The zero-order valence-electron chi connectivity index (χ0n) is 12.8. The summed E-state index contributed by atoms with van der Waals surface area (Å²) in [6, 6.07) is -0.191. The maximum Gasteiger partial charge on any atom is 0.260 e. The van der Waals surface area contributed by atoms with Crippen molar-refractivity contribution in [2.45, 2.75) is 57.3 Å². The zero-order chi connectivity index (χ0) is 15.5. The normalized spacial score (nSPS) is 22.8. The molecule has 1 aliphatic heterocycles. The average Bonchev–Trinajstić information content (AvgIpc) is 2.98. The molecule has 2 heterocycles. The number of hydrogen-bond acceptors (Lipinski definition) is 5. The Bertz CT molecular complexity index is 570. The van der Waals surface area contributed by atoms with Crippen molar-refractivity contribution in [3.8, 4) is 0 Å². The molecule has 2 rings (SSSR count). The van der Waals surface area contributed by atoms with Crippen LogP contribution in [0.2, 0.25) is 0 Å². The van der Waals surface area contributed by atoms with Crippen LogP contribution in [0.25, 0.3) is 0 Å². The number of sulfonamides is 1. The van der Waals surface area contributed by atoms with Gasteiger partial charge in [-0.05, 0) is 33.2 Å². The Morgan fingerprint density at radius 2 is 2.24 bits per heavy atom. The maximum atomic E-state index is 12.5. The molecule has 0 aromatic carbocycles. The molecule has 1 aliphatic rings. The van der Waals surface area contributed by atoms with Crippen molar-refractivity contribution < 1.29 is 13.2 Å². The van der Waals surface area contributed by atoms with Gasteiger partial charge in [-0.15, -0.1) is 0 Å². The van der Waals surface area contributed by atoms with Crippen LogP contribution in [-0.2, 0) is 21.3 Å². The number of H-pyrrole nitrogens is 1. The number of nitrogens with zero attached hydrogens (tertiary/aromatic N) is 1. The van der Waals surface area contributed by atoms with Crippen molar-refractivity contribution >= 4 is 10.0 Å². The van der Waals surface area contributed by atoms with E-state index in [2.05, 4.69) is 27.2 Å². The van der Waals surface area contributed by atoms with Crippen LogP contribution in [0.1, 0.15) is 37.9 Å². The molecule has 3 N–H and O–H groups in total. The lowest BCUT2D eigenvalue weighted by Crippen LogP contribution is -2.39. The lowest BCUT2D eigenvalue weighted by atomic mass is 10.2. The second kappa shape index (κ2) is 6.87. The number of nitrogens with one attached hydrogen (secondary N) is 3. The van der Waals surface area contributed by atoms with Crippen LogP contribution in [-0.4, -0.2) is 43.9 Å². The Kier molecular flexibility index (Phi) is 5.37. The summed E-state index contributed by atoms with van der Waals surface area (Å²) in [5, 5.41) is 10.0. The third kappa shape index (κ3) is 3.82. The molecule has 0 bridgehead atoms. The molecule has 1 aromatic heterocycles. The van der Waals surface area contributed by atoms with Crippen LogP contribution in [0.4, 0.5) is 0 Å². The largest absolute Gasteiger partial charge is 0.377 e. The van der Waals surface area contributed by atoms with Gasteiger partial charge in [-0.25, -0.2) is 13.1 Å². The molecule has 21 heavy (non-hydrogen) atoms. The van der Waals surface area contributed by atoms with Gasteiger partial charge < -0.3 is 10.1 Å². The second-order valence-electron chi connectivity index (χ2n) is 5.40. The third-order valence-corrected chi connectivity index (χ3v) is 5.16. The first kappa shape index (κ1) is 16.4. The van der Waals surface area contributed by atoms with Crippen LogP contribution in [0, 0.1) is 6.92 Å². The summed E-state index contributed by atoms with van der Waals surface area (Å²) in [7, 11) is -3.64. The third-order valence-electron chi connectivity index (χ3n) is 3.70. The fraction of sp³-hybridized carbons (Fsp3) is 0.769. The lowest BCUT2D eigenvalue weighted by Gasteiger charge is -2.16. The van der Waals surface area contributed by atoms with E-state index in [1.807, 2.05) is 13.8 Å². The van der Waals surface area contributed by atoms with Crippen molar-refractivity contribution in [1.82, 2.24) is 20.2 Å². The van der Waals surface area contributed by atoms with Crippen LogP contribution >= 0.6 is 0 Å². The Morgan fingerprint density at radius 3 is 2.86 bits per heavy atom. The van der Waals surface area contributed by atoms with E-state index in [0.29, 0.717) is 25.1 Å². The Morgan fingerprint density at radius 1 is 1.48 bits per heavy atom. The lowest BCUT2D eigenvalue weighted by molar-refractivity contribution is 0.117. The van der Waals surface area contributed by atoms with Gasteiger partial charge in [0.15, 0.2) is 5.03 Å². The highest BCUT2D eigenvalue weighted by Gasteiger charge is 2.32. The Labute approximate surface area is 125 Å². The molecule has 7 nitrogen and oxygen atoms in total. The van der Waals surface area contributed by atoms with Crippen LogP contribution in [0.3, 0.4) is 0 Å². The van der Waals surface area contributed by atoms with Gasteiger partial charge in [-0.1, -0.05) is 6.92 Å². The second-order valence-corrected chi connectivity index (χ2v) is 7.03. The molecule has 0 amide bonds. The number of aromatic nitrogens is 2. The van der Waals surface area contributed by atoms with Gasteiger partial charge in [-0.2, -0.15) is 5.10 Å². The van der Waals surface area contributed by atoms with Crippen molar-refractivity contribution in [1.29, 1.82) is 0 Å². The first-order valence-electron chi connectivity index (χ1n) is 7.34. The first-order chi connectivity index (χ1) is 9.95. The number of rotatable bonds is 7. The monoisotopic (exact) mass is 316 g/mol. The van der Waals surface area contributed by atoms with Crippen LogP contribution < -0.4 is 10.0 Å². The summed E-state index contributed by atoms with van der Waals surface area (Å²) in [6.45, 7) is 7.68. The topological polar surface area (TPSA) is 96.1 Å². The zero-order valence-corrected chi connectivity index (χ0v) is 13.6. The Hall–Kier alpha value is -0.960. The van der Waals surface area contributed by atoms with Crippen molar-refractivity contribution in [3.63, 3.8) is 0 Å². The molecule has 0 spiro atoms. The first-order valence-corrected chi connectivity index (χ1v) is 8.82. The summed E-state index contributed by atoms with van der Waals surface area (Å²) < 4.78 is 33.1. The smallest absolute Gasteiger partial charge is 0.260 e. The fourth-order valence-electron chi connectivity index (χ4n) is 2.39. The van der Waals surface area contributed by atoms with Gasteiger partial charge in [0.05, 0.1) is 12.1 Å². The van der Waals surface area contributed by atoms with Gasteiger partial charge in [0.2, 0.25) is 0 Å². The summed E-state index contributed by atoms with van der Waals surface area (Å²) in [5.41, 5.74) is 1.47. The molecule has 2 atom stereocenters. The molecule has 2 unspecified atom stereocenters. The Balaban J connectivity index is 2.15. The summed E-state index contributed by atoms with van der Waals surface area (Å²) in [4.78, 5) is 0. The molecule has 0 saturated carbocycles. The minimum absolute atomic E-state index is 0.0858. The highest BCUT2D eigenvalue weighted by Crippen LogP contribution is 2.19. The van der Waals surface area contributed by atoms with E-state index in [1.54, 1.807) is 0 Å². The number of hydrogen-bond donors (Lipinski definition) is 3. The summed E-state index contributed by atoms with van der Waals surface area (Å²) in [6.07, 6.45) is 1.57. The SMILES string of the molecule is CCCNCc1c(S(=O)(=O)NC2CCOC2C)n[nH]c1C. The molecule has 8 heteroatoms. The van der Waals surface area contributed by atoms with Crippen molar-refractivity contribution in [3.05, 3.63) is 11.3 Å². The standard InChI is InChI=1S/C13H24N4O3S/c1-4-6-14-8-11-9(2)15-16-13(11)21(18,19)17-12-5-7-20-10(12)3/h10,12,14,17H,4-8H2,1-3H3,(H,15,16). The van der Waals surface area contributed by atoms with Crippen molar-refractivity contribution in [2.24, 2.45) is 0 Å². The van der Waals surface area contributed by atoms with Crippen molar-refractivity contribution in [2.75, 3.05) is 13.2 Å². The van der Waals surface area contributed by atoms with E-state index in [0.717, 1.165) is 18.7 Å². The van der Waals surface area contributed by atoms with Gasteiger partial charge in [-0.3, -0.25) is 5.10 Å². The maximum absolute atomic E-state index is 12.5. The van der Waals surface area contributed by atoms with E-state index in [-0.39, 0.29) is 17.2 Å². The summed E-state index contributed by atoms with van der Waals surface area (Å²) in [5.74, 6) is 0. The molecule has 0 aliphatic carbocycles. The molecule has 1 fully saturated rings. The molecule has 1 aromatic rings. The number of aromatic amines is 1. The average molecular weight is 316 g/mol. The van der Waals surface area contributed by atoms with Crippen LogP contribution in [0.5, 0.6) is 0 Å². The fourth-order valence-corrected chi connectivity index (χ4v) is 3.93. The predicted molar refractivity (Wildman–Crippen MR) is 79.5 cm³/mol. The quantitative estimate of drug-likeness (QED) is 0.643. The molecule has 1 saturated heterocycles.